The summed E-state index contributed by atoms with van der Waals surface area (Å²) in [5.74, 6) is 14.7. The molecular formula is C115H102Br3N5O14. The van der Waals surface area contributed by atoms with E-state index in [0.29, 0.717) is 59.9 Å². The number of allylic oxidation sites excluding steroid dienone is 10. The molecule has 5 aliphatic carbocycles. The summed E-state index contributed by atoms with van der Waals surface area (Å²) in [6.45, 7) is 14.6. The van der Waals surface area contributed by atoms with E-state index in [0.717, 1.165) is 165 Å². The molecule has 0 aromatic heterocycles. The van der Waals surface area contributed by atoms with Crippen molar-refractivity contribution in [2.75, 3.05) is 60.5 Å². The van der Waals surface area contributed by atoms with E-state index in [1.807, 2.05) is 97.1 Å². The zero-order valence-corrected chi connectivity index (χ0v) is 81.5. The Balaban J connectivity index is 0.0000000992. The van der Waals surface area contributed by atoms with Crippen LogP contribution in [-0.2, 0) is 5.41 Å². The van der Waals surface area contributed by atoms with Crippen molar-refractivity contribution in [3.05, 3.63) is 345 Å². The molecular weight excluding hydrogens is 1910 g/mol. The predicted octanol–water partition coefficient (Wildman–Crippen LogP) is 27.3. The molecule has 0 bridgehead atoms. The summed E-state index contributed by atoms with van der Waals surface area (Å²) in [7, 11) is 0. The fourth-order valence-corrected chi connectivity index (χ4v) is 24.5. The molecule has 0 saturated heterocycles. The minimum absolute atomic E-state index is 0.0706. The molecule has 11 aromatic carbocycles. The van der Waals surface area contributed by atoms with E-state index >= 15 is 0 Å². The molecule has 10 aliphatic heterocycles. The van der Waals surface area contributed by atoms with Crippen molar-refractivity contribution in [2.24, 2.45) is 29.6 Å². The molecule has 0 fully saturated rings. The summed E-state index contributed by atoms with van der Waals surface area (Å²) in [4.78, 5) is 47.4. The van der Waals surface area contributed by atoms with E-state index in [1.54, 1.807) is 27.7 Å². The van der Waals surface area contributed by atoms with Crippen molar-refractivity contribution in [2.45, 2.75) is 146 Å². The van der Waals surface area contributed by atoms with Gasteiger partial charge in [-0.1, -0.05) is 178 Å². The van der Waals surface area contributed by atoms with Crippen molar-refractivity contribution in [1.82, 2.24) is 0 Å². The molecule has 137 heavy (non-hydrogen) atoms. The Hall–Kier alpha value is -13.2. The van der Waals surface area contributed by atoms with Gasteiger partial charge in [-0.05, 0) is 301 Å². The van der Waals surface area contributed by atoms with Crippen LogP contribution in [0.5, 0.6) is 57.5 Å². The number of terminal acetylenes is 1. The molecule has 15 aliphatic rings. The van der Waals surface area contributed by atoms with Gasteiger partial charge in [-0.2, -0.15) is 0 Å². The van der Waals surface area contributed by atoms with Crippen LogP contribution < -0.4 is 74.0 Å². The molecule has 11 aromatic rings. The largest absolute Gasteiger partial charge is 0.454 e. The van der Waals surface area contributed by atoms with Crippen molar-refractivity contribution in [3.8, 4) is 81.0 Å². The quantitative estimate of drug-likeness (QED) is 0.0488. The number of Topliss-reactive ketones (excluding diaryl/α,β-unsaturated/α-hetero) is 4. The molecule has 22 heteroatoms. The Labute approximate surface area is 822 Å². The van der Waals surface area contributed by atoms with Gasteiger partial charge in [-0.25, -0.2) is 0 Å². The number of hydrogen-bond donors (Lipinski definition) is 5. The zero-order valence-electron chi connectivity index (χ0n) is 76.8. The number of carbonyl (C=O) groups excluding carboxylic acids is 4. The van der Waals surface area contributed by atoms with Gasteiger partial charge in [0.1, 0.15) is 0 Å². The number of rotatable bonds is 10. The number of fused-ring (bicyclic) bond motifs is 20. The molecule has 26 rings (SSSR count). The second-order valence-corrected chi connectivity index (χ2v) is 41.2. The first kappa shape index (κ1) is 89.0. The molecule has 15 atom stereocenters. The van der Waals surface area contributed by atoms with E-state index in [2.05, 4.69) is 247 Å². The van der Waals surface area contributed by atoms with E-state index in [9.17, 15) is 19.2 Å². The van der Waals surface area contributed by atoms with Crippen LogP contribution in [0.1, 0.15) is 249 Å². The van der Waals surface area contributed by atoms with E-state index in [-0.39, 0.29) is 97.8 Å². The molecule has 0 spiro atoms. The van der Waals surface area contributed by atoms with Gasteiger partial charge in [0.05, 0.1) is 30.2 Å². The first-order valence-electron chi connectivity index (χ1n) is 47.1. The lowest BCUT2D eigenvalue weighted by atomic mass is 9.75. The molecule has 0 radical (unpaired) electrons. The van der Waals surface area contributed by atoms with Gasteiger partial charge in [-0.15, -0.1) is 6.42 Å². The predicted molar refractivity (Wildman–Crippen MR) is 542 cm³/mol. The molecule has 10 heterocycles. The van der Waals surface area contributed by atoms with Crippen LogP contribution >= 0.6 is 47.8 Å². The highest BCUT2D eigenvalue weighted by atomic mass is 79.9. The highest BCUT2D eigenvalue weighted by Gasteiger charge is 2.47. The van der Waals surface area contributed by atoms with Gasteiger partial charge in [0.2, 0.25) is 34.0 Å². The number of ketones is 4. The summed E-state index contributed by atoms with van der Waals surface area (Å²) in [6, 6.07) is 62.5. The molecule has 5 N–H and O–H groups in total. The van der Waals surface area contributed by atoms with Gasteiger partial charge < -0.3 is 74.0 Å². The van der Waals surface area contributed by atoms with Gasteiger partial charge in [0.15, 0.2) is 80.6 Å². The molecule has 0 amide bonds. The molecule has 19 nitrogen and oxygen atoms in total. The minimum atomic E-state index is 0.0706. The van der Waals surface area contributed by atoms with Gasteiger partial charge in [0, 0.05) is 105 Å². The lowest BCUT2D eigenvalue weighted by Gasteiger charge is -2.38. The van der Waals surface area contributed by atoms with Crippen LogP contribution in [-0.4, -0.2) is 57.1 Å². The van der Waals surface area contributed by atoms with Crippen molar-refractivity contribution < 1.29 is 66.5 Å². The monoisotopic (exact) mass is 2010 g/mol. The third-order valence-electron chi connectivity index (χ3n) is 29.8. The average molecular weight is 2020 g/mol. The Bertz CT molecular complexity index is 6850. The van der Waals surface area contributed by atoms with Crippen molar-refractivity contribution >= 4 is 99.4 Å². The van der Waals surface area contributed by atoms with Gasteiger partial charge in [0.25, 0.3) is 0 Å². The molecule has 12 unspecified atom stereocenters. The summed E-state index contributed by atoms with van der Waals surface area (Å²) in [6.07, 6.45) is 33.7. The number of nitrogens with one attached hydrogen (secondary N) is 5. The standard InChI is InChI=1S/C27H23NO3.C23H24BrNO2.C23H19NO3.2C21H18BrNO3/c1-16(29)18-10-11-24-22(12-18)19-8-5-9-20(19)27(28-24)23-14-26-25(30-15-31-26)13-21(23)17-6-3-2-4-7-17;1-23(2,3)13-7-8-19-16(9-13)14-5-4-6-15(14)22(25-19)17-10-20-21(11-18(17)24)27-12-26-20;1-3-14-10-21-22(27-12-26-21)11-18(14)23-17-6-4-5-16(17)19-9-15(13(2)25)7-8-20(19)24-23;2*1-11(24)12-5-6-18-15(7-12)13-3-2-4-14(13)21(23-18)16-8-19-20(9-17(16)22)26-10-25-19/h2-8,10-14,19-20,27-28H,9,15H2,1H3;4-5,7-11,14-15,22,25H,6,12H2,1-3H3;1,4-5,7-11,16-17,23-24H,6,12H2,2H3;2*2-3,5-9,13-14,21,23H,4,10H2,1H3/t;;;13-,14+,21+;/m...0./s1. The normalized spacial score (nSPS) is 24.2. The molecule has 692 valence electrons. The maximum absolute atomic E-state index is 12.0. The summed E-state index contributed by atoms with van der Waals surface area (Å²) < 4.78 is 58.9. The first-order valence-corrected chi connectivity index (χ1v) is 49.4. The Kier molecular flexibility index (Phi) is 23.6. The second kappa shape index (κ2) is 36.4. The number of benzene rings is 11. The number of anilines is 5. The van der Waals surface area contributed by atoms with Crippen molar-refractivity contribution in [1.29, 1.82) is 0 Å². The Morgan fingerprint density at radius 2 is 0.569 bits per heavy atom. The maximum atomic E-state index is 12.0. The van der Waals surface area contributed by atoms with Crippen LogP contribution in [0, 0.1) is 41.9 Å². The summed E-state index contributed by atoms with van der Waals surface area (Å²) >= 11 is 11.2. The Morgan fingerprint density at radius 3 is 0.876 bits per heavy atom. The lowest BCUT2D eigenvalue weighted by molar-refractivity contribution is 0.100. The minimum Gasteiger partial charge on any atom is -0.454 e. The maximum Gasteiger partial charge on any atom is 0.231 e. The number of carbonyl (C=O) groups is 4. The SMILES string of the molecule is C#Cc1cc2c(cc1C1Nc3ccc(C(C)=O)cc3C3C=CCC31)OCO2.CC(=O)c1ccc2c(c1)C1C=CCC1C(c1cc3c(cc1-c1ccccc1)OCO3)N2.CC(=O)c1ccc2c(c1)C1C=CCC1C(c1cc3c(cc1Br)OCO3)N2.CC(=O)c1ccc2c(c1)[C@H]1C=CC[C@H]1[C@H](c1cc3c(cc1Br)OCO3)N2.CC(C)(C)c1ccc2c(c1)C1C=CCC1C(c1cc3c(cc1Br)OCO3)N2. The Morgan fingerprint density at radius 1 is 0.307 bits per heavy atom. The van der Waals surface area contributed by atoms with Crippen LogP contribution in [0.4, 0.5) is 28.4 Å². The highest BCUT2D eigenvalue weighted by molar-refractivity contribution is 9.11. The first-order chi connectivity index (χ1) is 66.5. The summed E-state index contributed by atoms with van der Waals surface area (Å²) in [5.41, 5.74) is 25.5. The van der Waals surface area contributed by atoms with Crippen LogP contribution in [0.3, 0.4) is 0 Å². The molecule has 0 saturated carbocycles. The lowest BCUT2D eigenvalue weighted by Crippen LogP contribution is -2.29. The number of hydrogen-bond acceptors (Lipinski definition) is 19. The van der Waals surface area contributed by atoms with E-state index in [1.165, 1.54) is 61.3 Å². The van der Waals surface area contributed by atoms with Crippen molar-refractivity contribution in [3.63, 3.8) is 0 Å². The fourth-order valence-electron chi connectivity index (χ4n) is 22.8. The van der Waals surface area contributed by atoms with Crippen LogP contribution in [0.25, 0.3) is 11.1 Å². The second-order valence-electron chi connectivity index (χ2n) is 38.6. The topological polar surface area (TPSA) is 221 Å². The number of halogens is 3. The van der Waals surface area contributed by atoms with E-state index < -0.39 is 0 Å². The number of ether oxygens (including phenoxy) is 10. The average Bonchev–Trinajstić information content (AvgIpc) is 1.72. The zero-order chi connectivity index (χ0) is 93.9. The van der Waals surface area contributed by atoms with Gasteiger partial charge >= 0.3 is 0 Å². The summed E-state index contributed by atoms with van der Waals surface area (Å²) in [5, 5.41) is 18.7. The third-order valence-corrected chi connectivity index (χ3v) is 31.8. The van der Waals surface area contributed by atoms with Gasteiger partial charge in [-0.3, -0.25) is 19.2 Å². The smallest absolute Gasteiger partial charge is 0.231 e. The van der Waals surface area contributed by atoms with Crippen LogP contribution in [0.15, 0.2) is 256 Å². The van der Waals surface area contributed by atoms with Crippen LogP contribution in [0.2, 0.25) is 0 Å². The fraction of sp³-hybridized carbons (Fsp3) is 0.287. The van der Waals surface area contributed by atoms with E-state index in [4.69, 9.17) is 53.8 Å². The third kappa shape index (κ3) is 16.7. The highest BCUT2D eigenvalue weighted by Crippen LogP contribution is 2.60.